The number of benzene rings is 2. The lowest BCUT2D eigenvalue weighted by atomic mass is 10.2. The van der Waals surface area contributed by atoms with E-state index in [1.807, 2.05) is 43.3 Å². The Morgan fingerprint density at radius 3 is 2.38 bits per heavy atom. The van der Waals surface area contributed by atoms with Crippen molar-refractivity contribution >= 4 is 17.3 Å². The van der Waals surface area contributed by atoms with Crippen LogP contribution in [0.25, 0.3) is 0 Å². The number of carbonyl (C=O) groups is 1. The fourth-order valence-corrected chi connectivity index (χ4v) is 3.15. The molecule has 1 aliphatic heterocycles. The molecule has 1 amide bonds. The maximum atomic E-state index is 12.3. The average Bonchev–Trinajstić information content (AvgIpc) is 2.65. The second-order valence-electron chi connectivity index (χ2n) is 6.44. The highest BCUT2D eigenvalue weighted by atomic mass is 16.5. The highest BCUT2D eigenvalue weighted by molar-refractivity contribution is 5.91. The number of aromatic hydroxyl groups is 1. The van der Waals surface area contributed by atoms with Crippen LogP contribution in [0.15, 0.2) is 48.5 Å². The van der Waals surface area contributed by atoms with Crippen molar-refractivity contribution in [1.29, 1.82) is 0 Å². The van der Waals surface area contributed by atoms with Gasteiger partial charge in [-0.25, -0.2) is 0 Å². The van der Waals surface area contributed by atoms with E-state index in [0.717, 1.165) is 43.3 Å². The second-order valence-corrected chi connectivity index (χ2v) is 6.44. The van der Waals surface area contributed by atoms with Crippen LogP contribution in [0.4, 0.5) is 11.4 Å². The molecule has 3 rings (SSSR count). The van der Waals surface area contributed by atoms with Gasteiger partial charge in [-0.05, 0) is 55.5 Å². The van der Waals surface area contributed by atoms with Gasteiger partial charge < -0.3 is 25.0 Å². The Morgan fingerprint density at radius 2 is 1.77 bits per heavy atom. The second kappa shape index (κ2) is 8.58. The van der Waals surface area contributed by atoms with Crippen LogP contribution >= 0.6 is 0 Å². The van der Waals surface area contributed by atoms with E-state index in [9.17, 15) is 9.90 Å². The largest absolute Gasteiger partial charge is 0.508 e. The van der Waals surface area contributed by atoms with Gasteiger partial charge in [-0.2, -0.15) is 0 Å². The highest BCUT2D eigenvalue weighted by Gasteiger charge is 2.22. The topological polar surface area (TPSA) is 66.2 Å². The van der Waals surface area contributed by atoms with E-state index in [0.29, 0.717) is 13.2 Å². The lowest BCUT2D eigenvalue weighted by Gasteiger charge is -2.33. The molecule has 2 aromatic rings. The van der Waals surface area contributed by atoms with Crippen molar-refractivity contribution in [1.82, 2.24) is 0 Å². The highest BCUT2D eigenvalue weighted by Crippen LogP contribution is 2.18. The van der Waals surface area contributed by atoms with Gasteiger partial charge in [0.2, 0.25) is 0 Å². The summed E-state index contributed by atoms with van der Waals surface area (Å²) in [5.41, 5.74) is 1.90. The van der Waals surface area contributed by atoms with Crippen molar-refractivity contribution in [2.45, 2.75) is 6.92 Å². The van der Waals surface area contributed by atoms with Crippen molar-refractivity contribution in [3.63, 3.8) is 0 Å². The number of carbonyl (C=O) groups excluding carboxylic acids is 1. The van der Waals surface area contributed by atoms with Crippen LogP contribution in [-0.2, 0) is 4.79 Å². The molecule has 1 heterocycles. The number of rotatable bonds is 6. The van der Waals surface area contributed by atoms with Crippen molar-refractivity contribution < 1.29 is 19.5 Å². The minimum Gasteiger partial charge on any atom is -0.508 e. The summed E-state index contributed by atoms with van der Waals surface area (Å²) in [4.78, 5) is 15.8. The molecular formula is C20H26N3O3+. The summed E-state index contributed by atoms with van der Waals surface area (Å²) < 4.78 is 5.41. The van der Waals surface area contributed by atoms with Crippen molar-refractivity contribution in [2.75, 3.05) is 49.5 Å². The number of quaternary nitrogens is 1. The van der Waals surface area contributed by atoms with Crippen molar-refractivity contribution in [3.8, 4) is 11.5 Å². The van der Waals surface area contributed by atoms with Gasteiger partial charge in [0.15, 0.2) is 6.54 Å². The first-order chi connectivity index (χ1) is 12.6. The number of phenolic OH excluding ortho intramolecular Hbond substituents is 1. The number of anilines is 2. The zero-order chi connectivity index (χ0) is 18.4. The lowest BCUT2D eigenvalue weighted by molar-refractivity contribution is -0.892. The Hall–Kier alpha value is -2.73. The van der Waals surface area contributed by atoms with Crippen LogP contribution in [0.5, 0.6) is 11.5 Å². The van der Waals surface area contributed by atoms with E-state index in [4.69, 9.17) is 4.74 Å². The quantitative estimate of drug-likeness (QED) is 0.726. The Labute approximate surface area is 154 Å². The van der Waals surface area contributed by atoms with Crippen LogP contribution in [-0.4, -0.2) is 50.3 Å². The number of phenols is 1. The number of nitrogens with zero attached hydrogens (tertiary/aromatic N) is 1. The lowest BCUT2D eigenvalue weighted by Crippen LogP contribution is -3.15. The van der Waals surface area contributed by atoms with Gasteiger partial charge in [0, 0.05) is 11.4 Å². The van der Waals surface area contributed by atoms with Crippen LogP contribution in [0.2, 0.25) is 0 Å². The summed E-state index contributed by atoms with van der Waals surface area (Å²) >= 11 is 0. The van der Waals surface area contributed by atoms with Gasteiger partial charge in [0.25, 0.3) is 5.91 Å². The maximum Gasteiger partial charge on any atom is 0.279 e. The molecule has 1 aliphatic rings. The van der Waals surface area contributed by atoms with E-state index in [1.165, 1.54) is 4.90 Å². The third kappa shape index (κ3) is 4.89. The fourth-order valence-electron chi connectivity index (χ4n) is 3.15. The first-order valence-corrected chi connectivity index (χ1v) is 9.04. The minimum atomic E-state index is 0.0299. The molecule has 0 aliphatic carbocycles. The van der Waals surface area contributed by atoms with Gasteiger partial charge in [-0.15, -0.1) is 0 Å². The first kappa shape index (κ1) is 18.1. The number of piperazine rings is 1. The summed E-state index contributed by atoms with van der Waals surface area (Å²) in [5, 5.41) is 12.3. The summed E-state index contributed by atoms with van der Waals surface area (Å²) in [7, 11) is 0. The number of hydrogen-bond acceptors (Lipinski definition) is 4. The molecule has 2 aromatic carbocycles. The number of hydrogen-bond donors (Lipinski definition) is 3. The summed E-state index contributed by atoms with van der Waals surface area (Å²) in [6, 6.07) is 14.7. The molecule has 0 saturated carbocycles. The Morgan fingerprint density at radius 1 is 1.12 bits per heavy atom. The van der Waals surface area contributed by atoms with Crippen molar-refractivity contribution in [3.05, 3.63) is 48.5 Å². The maximum absolute atomic E-state index is 12.3. The van der Waals surface area contributed by atoms with Crippen LogP contribution in [0, 0.1) is 0 Å². The van der Waals surface area contributed by atoms with E-state index >= 15 is 0 Å². The third-order valence-electron chi connectivity index (χ3n) is 4.55. The third-order valence-corrected chi connectivity index (χ3v) is 4.55. The Balaban J connectivity index is 1.45. The molecule has 0 bridgehead atoms. The molecular weight excluding hydrogens is 330 g/mol. The minimum absolute atomic E-state index is 0.0299. The van der Waals surface area contributed by atoms with E-state index in [2.05, 4.69) is 10.2 Å². The summed E-state index contributed by atoms with van der Waals surface area (Å²) in [6.07, 6.45) is 0. The number of nitrogens with one attached hydrogen (secondary N) is 2. The monoisotopic (exact) mass is 356 g/mol. The van der Waals surface area contributed by atoms with Gasteiger partial charge >= 0.3 is 0 Å². The SMILES string of the molecule is CCOc1ccc(NC(=O)C[NH+]2CCN(c3ccc(O)cc3)CC2)cc1. The van der Waals surface area contributed by atoms with Gasteiger partial charge in [0.05, 0.1) is 32.8 Å². The standard InChI is InChI=1S/C20H25N3O3/c1-2-26-19-9-3-16(4-10-19)21-20(25)15-22-11-13-23(14-12-22)17-5-7-18(24)8-6-17/h3-10,24H,2,11-15H2,1H3,(H,21,25)/p+1. The van der Waals surface area contributed by atoms with Crippen LogP contribution < -0.4 is 19.9 Å². The van der Waals surface area contributed by atoms with E-state index in [-0.39, 0.29) is 11.7 Å². The molecule has 1 fully saturated rings. The number of amides is 1. The zero-order valence-electron chi connectivity index (χ0n) is 15.1. The molecule has 6 heteroatoms. The Bertz CT molecular complexity index is 708. The predicted octanol–water partition coefficient (Wildman–Crippen LogP) is 1.13. The molecule has 0 spiro atoms. The average molecular weight is 356 g/mol. The first-order valence-electron chi connectivity index (χ1n) is 9.04. The van der Waals surface area contributed by atoms with Crippen molar-refractivity contribution in [2.24, 2.45) is 0 Å². The summed E-state index contributed by atoms with van der Waals surface area (Å²) in [6.45, 7) is 6.67. The normalized spacial score (nSPS) is 14.9. The molecule has 6 nitrogen and oxygen atoms in total. The molecule has 0 aromatic heterocycles. The van der Waals surface area contributed by atoms with Crippen LogP contribution in [0.1, 0.15) is 6.92 Å². The number of ether oxygens (including phenoxy) is 1. The smallest absolute Gasteiger partial charge is 0.279 e. The predicted molar refractivity (Wildman–Crippen MR) is 102 cm³/mol. The molecule has 0 atom stereocenters. The molecule has 138 valence electrons. The van der Waals surface area contributed by atoms with E-state index in [1.54, 1.807) is 12.1 Å². The fraction of sp³-hybridized carbons (Fsp3) is 0.350. The zero-order valence-corrected chi connectivity index (χ0v) is 15.1. The van der Waals surface area contributed by atoms with Gasteiger partial charge in [0.1, 0.15) is 11.5 Å². The summed E-state index contributed by atoms with van der Waals surface area (Å²) in [5.74, 6) is 1.12. The van der Waals surface area contributed by atoms with Crippen LogP contribution in [0.3, 0.4) is 0 Å². The Kier molecular flexibility index (Phi) is 5.96. The van der Waals surface area contributed by atoms with Gasteiger partial charge in [-0.3, -0.25) is 4.79 Å². The van der Waals surface area contributed by atoms with Gasteiger partial charge in [-0.1, -0.05) is 0 Å². The molecule has 26 heavy (non-hydrogen) atoms. The molecule has 1 saturated heterocycles. The molecule has 0 unspecified atom stereocenters. The molecule has 0 radical (unpaired) electrons. The molecule has 3 N–H and O–H groups in total. The van der Waals surface area contributed by atoms with E-state index < -0.39 is 0 Å².